The highest BCUT2D eigenvalue weighted by atomic mass is 32.2. The molecular weight excluding hydrogens is 240 g/mol. The summed E-state index contributed by atoms with van der Waals surface area (Å²) in [6.07, 6.45) is 3.89. The minimum Gasteiger partial charge on any atom is -0.330 e. The molecule has 0 aliphatic heterocycles. The number of thioether (sulfide) groups is 1. The van der Waals surface area contributed by atoms with Crippen molar-refractivity contribution in [2.75, 3.05) is 6.54 Å². The van der Waals surface area contributed by atoms with Gasteiger partial charge in [-0.3, -0.25) is 0 Å². The van der Waals surface area contributed by atoms with E-state index in [1.807, 2.05) is 11.8 Å². The Morgan fingerprint density at radius 1 is 1.33 bits per heavy atom. The van der Waals surface area contributed by atoms with Crippen LogP contribution in [0.25, 0.3) is 0 Å². The summed E-state index contributed by atoms with van der Waals surface area (Å²) in [6, 6.07) is 4.33. The predicted octanol–water partition coefficient (Wildman–Crippen LogP) is 3.55. The van der Waals surface area contributed by atoms with Gasteiger partial charge in [-0.05, 0) is 62.8 Å². The lowest BCUT2D eigenvalue weighted by Gasteiger charge is -2.33. The molecule has 18 heavy (non-hydrogen) atoms. The second-order valence-corrected chi connectivity index (χ2v) is 6.95. The van der Waals surface area contributed by atoms with Crippen molar-refractivity contribution >= 4 is 11.8 Å². The Kier molecular flexibility index (Phi) is 4.68. The standard InChI is InChI=1S/C15H24N2S/c1-10-4-5-13(9-16)14(7-10)18-15-8-11(2)6-12(3)17-15/h6,8,10,13-14H,4-5,7,9,16H2,1-3H3. The predicted molar refractivity (Wildman–Crippen MR) is 78.9 cm³/mol. The van der Waals surface area contributed by atoms with Gasteiger partial charge in [-0.2, -0.15) is 0 Å². The summed E-state index contributed by atoms with van der Waals surface area (Å²) in [5, 5.41) is 1.82. The third-order valence-electron chi connectivity index (χ3n) is 3.84. The molecule has 100 valence electrons. The average molecular weight is 264 g/mol. The van der Waals surface area contributed by atoms with E-state index >= 15 is 0 Å². The molecule has 0 amide bonds. The molecule has 1 aromatic heterocycles. The van der Waals surface area contributed by atoms with Crippen molar-refractivity contribution in [3.8, 4) is 0 Å². The molecule has 2 nitrogen and oxygen atoms in total. The lowest BCUT2D eigenvalue weighted by Crippen LogP contribution is -2.31. The third-order valence-corrected chi connectivity index (χ3v) is 5.17. The van der Waals surface area contributed by atoms with Gasteiger partial charge in [0.25, 0.3) is 0 Å². The summed E-state index contributed by atoms with van der Waals surface area (Å²) < 4.78 is 0. The molecule has 1 fully saturated rings. The van der Waals surface area contributed by atoms with Crippen LogP contribution in [-0.2, 0) is 0 Å². The van der Waals surface area contributed by atoms with Crippen molar-refractivity contribution in [1.29, 1.82) is 0 Å². The van der Waals surface area contributed by atoms with Gasteiger partial charge in [-0.15, -0.1) is 11.8 Å². The molecule has 0 aromatic carbocycles. The lowest BCUT2D eigenvalue weighted by atomic mass is 9.82. The summed E-state index contributed by atoms with van der Waals surface area (Å²) in [5.74, 6) is 1.49. The molecule has 2 rings (SSSR count). The molecule has 3 unspecified atom stereocenters. The molecule has 3 atom stereocenters. The Morgan fingerprint density at radius 3 is 2.78 bits per heavy atom. The van der Waals surface area contributed by atoms with E-state index < -0.39 is 0 Å². The molecule has 0 spiro atoms. The van der Waals surface area contributed by atoms with Crippen LogP contribution >= 0.6 is 11.8 Å². The maximum atomic E-state index is 5.92. The molecule has 1 aromatic rings. The van der Waals surface area contributed by atoms with E-state index in [2.05, 4.69) is 37.9 Å². The van der Waals surface area contributed by atoms with E-state index in [4.69, 9.17) is 5.73 Å². The van der Waals surface area contributed by atoms with Crippen molar-refractivity contribution in [2.24, 2.45) is 17.6 Å². The van der Waals surface area contributed by atoms with E-state index in [1.54, 1.807) is 0 Å². The van der Waals surface area contributed by atoms with Crippen molar-refractivity contribution < 1.29 is 0 Å². The Morgan fingerprint density at radius 2 is 2.11 bits per heavy atom. The van der Waals surface area contributed by atoms with Gasteiger partial charge in [0, 0.05) is 10.9 Å². The highest BCUT2D eigenvalue weighted by Gasteiger charge is 2.28. The average Bonchev–Trinajstić information content (AvgIpc) is 2.27. The monoisotopic (exact) mass is 264 g/mol. The molecule has 1 heterocycles. The number of hydrogen-bond acceptors (Lipinski definition) is 3. The van der Waals surface area contributed by atoms with Crippen molar-refractivity contribution in [3.05, 3.63) is 23.4 Å². The van der Waals surface area contributed by atoms with Crippen LogP contribution in [0.3, 0.4) is 0 Å². The molecule has 0 bridgehead atoms. The smallest absolute Gasteiger partial charge is 0.0968 e. The zero-order chi connectivity index (χ0) is 13.1. The van der Waals surface area contributed by atoms with Gasteiger partial charge in [-0.1, -0.05) is 13.3 Å². The molecular formula is C15H24N2S. The zero-order valence-corrected chi connectivity index (χ0v) is 12.5. The van der Waals surface area contributed by atoms with Crippen LogP contribution in [0, 0.1) is 25.7 Å². The number of nitrogens with two attached hydrogens (primary N) is 1. The molecule has 2 N–H and O–H groups in total. The molecule has 0 saturated heterocycles. The summed E-state index contributed by atoms with van der Waals surface area (Å²) >= 11 is 1.94. The first kappa shape index (κ1) is 13.9. The van der Waals surface area contributed by atoms with Gasteiger partial charge >= 0.3 is 0 Å². The Balaban J connectivity index is 2.10. The zero-order valence-electron chi connectivity index (χ0n) is 11.6. The van der Waals surface area contributed by atoms with Crippen molar-refractivity contribution in [1.82, 2.24) is 4.98 Å². The number of rotatable bonds is 3. The fraction of sp³-hybridized carbons (Fsp3) is 0.667. The van der Waals surface area contributed by atoms with Crippen molar-refractivity contribution in [2.45, 2.75) is 50.3 Å². The quantitative estimate of drug-likeness (QED) is 0.907. The summed E-state index contributed by atoms with van der Waals surface area (Å²) in [5.41, 5.74) is 8.34. The van der Waals surface area contributed by atoms with Gasteiger partial charge in [0.2, 0.25) is 0 Å². The maximum Gasteiger partial charge on any atom is 0.0968 e. The van der Waals surface area contributed by atoms with Gasteiger partial charge in [-0.25, -0.2) is 4.98 Å². The first-order valence-electron chi connectivity index (χ1n) is 6.90. The van der Waals surface area contributed by atoms with Crippen LogP contribution in [0.5, 0.6) is 0 Å². The van der Waals surface area contributed by atoms with Gasteiger partial charge in [0.05, 0.1) is 5.03 Å². The topological polar surface area (TPSA) is 38.9 Å². The minimum atomic E-state index is 0.646. The van der Waals surface area contributed by atoms with E-state index in [-0.39, 0.29) is 0 Å². The van der Waals surface area contributed by atoms with Crippen LogP contribution in [0.1, 0.15) is 37.4 Å². The fourth-order valence-corrected chi connectivity index (χ4v) is 4.45. The van der Waals surface area contributed by atoms with Crippen LogP contribution < -0.4 is 5.73 Å². The second kappa shape index (κ2) is 6.07. The number of aromatic nitrogens is 1. The highest BCUT2D eigenvalue weighted by Crippen LogP contribution is 2.39. The Bertz CT molecular complexity index is 385. The van der Waals surface area contributed by atoms with E-state index in [0.29, 0.717) is 11.2 Å². The van der Waals surface area contributed by atoms with Crippen molar-refractivity contribution in [3.63, 3.8) is 0 Å². The molecule has 0 radical (unpaired) electrons. The van der Waals surface area contributed by atoms with Crippen LogP contribution in [-0.4, -0.2) is 16.8 Å². The molecule has 1 aliphatic carbocycles. The van der Waals surface area contributed by atoms with E-state index in [9.17, 15) is 0 Å². The number of aryl methyl sites for hydroxylation is 2. The lowest BCUT2D eigenvalue weighted by molar-refractivity contribution is 0.306. The van der Waals surface area contributed by atoms with E-state index in [0.717, 1.165) is 18.2 Å². The summed E-state index contributed by atoms with van der Waals surface area (Å²) in [6.45, 7) is 7.38. The third kappa shape index (κ3) is 3.48. The summed E-state index contributed by atoms with van der Waals surface area (Å²) in [4.78, 5) is 4.64. The van der Waals surface area contributed by atoms with E-state index in [1.165, 1.54) is 29.9 Å². The highest BCUT2D eigenvalue weighted by molar-refractivity contribution is 7.99. The first-order chi connectivity index (χ1) is 8.58. The second-order valence-electron chi connectivity index (χ2n) is 5.69. The minimum absolute atomic E-state index is 0.646. The number of hydrogen-bond donors (Lipinski definition) is 1. The normalized spacial score (nSPS) is 28.3. The van der Waals surface area contributed by atoms with Crippen LogP contribution in [0.15, 0.2) is 17.2 Å². The fourth-order valence-electron chi connectivity index (χ4n) is 2.83. The Hall–Kier alpha value is -0.540. The summed E-state index contributed by atoms with van der Waals surface area (Å²) in [7, 11) is 0. The van der Waals surface area contributed by atoms with Gasteiger partial charge in [0.1, 0.15) is 0 Å². The maximum absolute atomic E-state index is 5.92. The Labute approximate surface area is 115 Å². The first-order valence-corrected chi connectivity index (χ1v) is 7.78. The largest absolute Gasteiger partial charge is 0.330 e. The number of nitrogens with zero attached hydrogens (tertiary/aromatic N) is 1. The molecule has 3 heteroatoms. The van der Waals surface area contributed by atoms with Gasteiger partial charge < -0.3 is 5.73 Å². The van der Waals surface area contributed by atoms with Crippen LogP contribution in [0.2, 0.25) is 0 Å². The molecule has 1 aliphatic rings. The van der Waals surface area contributed by atoms with Gasteiger partial charge in [0.15, 0.2) is 0 Å². The number of pyridine rings is 1. The van der Waals surface area contributed by atoms with Crippen LogP contribution in [0.4, 0.5) is 0 Å². The molecule has 1 saturated carbocycles. The SMILES string of the molecule is Cc1cc(C)nc(SC2CC(C)CCC2CN)c1.